The molecule has 1 amide bonds. The van der Waals surface area contributed by atoms with Gasteiger partial charge in [-0.15, -0.1) is 0 Å². The molecule has 0 radical (unpaired) electrons. The van der Waals surface area contributed by atoms with Crippen LogP contribution < -0.4 is 10.0 Å². The Morgan fingerprint density at radius 1 is 1.04 bits per heavy atom. The first kappa shape index (κ1) is 15.7. The second-order valence-electron chi connectivity index (χ2n) is 5.49. The number of non-ortho nitro benzene ring substituents is 1. The number of nitro benzene ring substituents is 1. The second kappa shape index (κ2) is 6.11. The molecule has 2 aromatic carbocycles. The molecule has 2 aromatic rings. The normalized spacial score (nSPS) is 13.2. The largest absolute Gasteiger partial charge is 0.529 e. The third-order valence-corrected chi connectivity index (χ3v) is 4.00. The predicted octanol–water partition coefficient (Wildman–Crippen LogP) is 2.60. The highest BCUT2D eigenvalue weighted by atomic mass is 16.6. The van der Waals surface area contributed by atoms with E-state index in [1.165, 1.54) is 24.3 Å². The number of carboxylic acid groups (broad SMARTS) is 1. The van der Waals surface area contributed by atoms with Gasteiger partial charge >= 0.3 is 0 Å². The van der Waals surface area contributed by atoms with Gasteiger partial charge in [0, 0.05) is 35.5 Å². The van der Waals surface area contributed by atoms with Crippen LogP contribution in [0.25, 0.3) is 0 Å². The molecule has 0 unspecified atom stereocenters. The van der Waals surface area contributed by atoms with E-state index in [9.17, 15) is 24.8 Å². The van der Waals surface area contributed by atoms with E-state index in [0.29, 0.717) is 24.1 Å². The zero-order chi connectivity index (χ0) is 17.3. The van der Waals surface area contributed by atoms with Crippen LogP contribution in [0.3, 0.4) is 0 Å². The highest BCUT2D eigenvalue weighted by Crippen LogP contribution is 2.31. The summed E-state index contributed by atoms with van der Waals surface area (Å²) in [5.41, 5.74) is 1.87. The average Bonchev–Trinajstić information content (AvgIpc) is 2.55. The van der Waals surface area contributed by atoms with Gasteiger partial charge < -0.3 is 9.90 Å². The molecule has 7 heteroatoms. The Bertz CT molecular complexity index is 829. The summed E-state index contributed by atoms with van der Waals surface area (Å²) in [6, 6.07) is 9.97. The minimum Gasteiger partial charge on any atom is -0.529 e. The summed E-state index contributed by atoms with van der Waals surface area (Å²) in [5.74, 6) is 0.0538. The molecule has 122 valence electrons. The Kier molecular flexibility index (Phi) is 3.99. The van der Waals surface area contributed by atoms with Crippen molar-refractivity contribution >= 4 is 28.9 Å². The van der Waals surface area contributed by atoms with Gasteiger partial charge in [0.05, 0.1) is 4.92 Å². The number of rotatable bonds is 3. The monoisotopic (exact) mass is 325 g/mol. The summed E-state index contributed by atoms with van der Waals surface area (Å²) in [4.78, 5) is 34.5. The number of benzene rings is 2. The quantitative estimate of drug-likeness (QED) is 0.637. The fourth-order valence-corrected chi connectivity index (χ4v) is 2.86. The number of anilines is 2. The minimum atomic E-state index is -1.45. The molecule has 0 spiro atoms. The average molecular weight is 325 g/mol. The van der Waals surface area contributed by atoms with Gasteiger partial charge in [-0.05, 0) is 48.7 Å². The Labute approximate surface area is 137 Å². The highest BCUT2D eigenvalue weighted by Gasteiger charge is 2.20. The van der Waals surface area contributed by atoms with Crippen molar-refractivity contribution in [2.24, 2.45) is 0 Å². The van der Waals surface area contributed by atoms with E-state index >= 15 is 0 Å². The molecule has 0 bridgehead atoms. The molecule has 0 aromatic heterocycles. The maximum Gasteiger partial charge on any atom is 0.269 e. The SMILES string of the molecule is O=C1CCCc2cc(N(C(=O)[O-])c3ccc([N+](=O)[O-])cc3)ccc21. The molecular weight excluding hydrogens is 312 g/mol. The van der Waals surface area contributed by atoms with Crippen LogP contribution in [-0.4, -0.2) is 16.8 Å². The zero-order valence-electron chi connectivity index (χ0n) is 12.6. The van der Waals surface area contributed by atoms with Crippen LogP contribution in [0.2, 0.25) is 0 Å². The lowest BCUT2D eigenvalue weighted by Gasteiger charge is -2.27. The highest BCUT2D eigenvalue weighted by molar-refractivity contribution is 6.00. The van der Waals surface area contributed by atoms with Gasteiger partial charge in [-0.1, -0.05) is 0 Å². The number of nitro groups is 1. The van der Waals surface area contributed by atoms with E-state index < -0.39 is 11.0 Å². The molecule has 1 aliphatic carbocycles. The van der Waals surface area contributed by atoms with E-state index in [2.05, 4.69) is 0 Å². The van der Waals surface area contributed by atoms with Crippen molar-refractivity contribution in [1.82, 2.24) is 0 Å². The molecule has 0 saturated heterocycles. The summed E-state index contributed by atoms with van der Waals surface area (Å²) in [6.45, 7) is 0. The van der Waals surface area contributed by atoms with Gasteiger partial charge in [0.2, 0.25) is 0 Å². The number of Topliss-reactive ketones (excluding diaryl/α,β-unsaturated/α-hetero) is 1. The van der Waals surface area contributed by atoms with Gasteiger partial charge in [-0.25, -0.2) is 0 Å². The fraction of sp³-hybridized carbons (Fsp3) is 0.176. The van der Waals surface area contributed by atoms with Crippen molar-refractivity contribution < 1.29 is 19.6 Å². The number of carbonyl (C=O) groups excluding carboxylic acids is 2. The maximum atomic E-state index is 11.9. The minimum absolute atomic E-state index is 0.0538. The number of hydrogen-bond acceptors (Lipinski definition) is 5. The van der Waals surface area contributed by atoms with Crippen molar-refractivity contribution in [1.29, 1.82) is 0 Å². The van der Waals surface area contributed by atoms with Crippen LogP contribution in [-0.2, 0) is 6.42 Å². The molecule has 3 rings (SSSR count). The molecule has 0 fully saturated rings. The number of hydrogen-bond donors (Lipinski definition) is 0. The molecule has 0 saturated carbocycles. The molecular formula is C17H13N2O5-. The van der Waals surface area contributed by atoms with Crippen molar-refractivity contribution in [2.45, 2.75) is 19.3 Å². The van der Waals surface area contributed by atoms with Crippen LogP contribution >= 0.6 is 0 Å². The van der Waals surface area contributed by atoms with Gasteiger partial charge in [0.15, 0.2) is 5.78 Å². The zero-order valence-corrected chi connectivity index (χ0v) is 12.6. The molecule has 1 aliphatic rings. The summed E-state index contributed by atoms with van der Waals surface area (Å²) in [6.07, 6.45) is 0.485. The Balaban J connectivity index is 2.01. The number of nitrogens with zero attached hydrogens (tertiary/aromatic N) is 2. The summed E-state index contributed by atoms with van der Waals surface area (Å²) < 4.78 is 0. The summed E-state index contributed by atoms with van der Waals surface area (Å²) >= 11 is 0. The van der Waals surface area contributed by atoms with Crippen molar-refractivity contribution in [3.8, 4) is 0 Å². The first-order valence-electron chi connectivity index (χ1n) is 7.39. The van der Waals surface area contributed by atoms with Gasteiger partial charge in [-0.2, -0.15) is 0 Å². The van der Waals surface area contributed by atoms with E-state index in [1.54, 1.807) is 18.2 Å². The Morgan fingerprint density at radius 3 is 2.33 bits per heavy atom. The smallest absolute Gasteiger partial charge is 0.269 e. The first-order valence-corrected chi connectivity index (χ1v) is 7.39. The lowest BCUT2D eigenvalue weighted by molar-refractivity contribution is -0.384. The Hall–Kier alpha value is -3.22. The molecule has 0 aliphatic heterocycles. The molecule has 24 heavy (non-hydrogen) atoms. The van der Waals surface area contributed by atoms with Crippen LogP contribution in [0.5, 0.6) is 0 Å². The van der Waals surface area contributed by atoms with E-state index in [1.807, 2.05) is 0 Å². The van der Waals surface area contributed by atoms with Crippen molar-refractivity contribution in [2.75, 3.05) is 4.90 Å². The van der Waals surface area contributed by atoms with Crippen LogP contribution in [0.1, 0.15) is 28.8 Å². The number of ketones is 1. The molecule has 0 atom stereocenters. The molecule has 0 heterocycles. The van der Waals surface area contributed by atoms with Crippen molar-refractivity contribution in [3.05, 3.63) is 63.7 Å². The summed E-state index contributed by atoms with van der Waals surface area (Å²) in [5, 5.41) is 22.3. The third-order valence-electron chi connectivity index (χ3n) is 4.00. The number of aryl methyl sites for hydroxylation is 1. The van der Waals surface area contributed by atoms with Gasteiger partial charge in [-0.3, -0.25) is 19.8 Å². The predicted molar refractivity (Wildman–Crippen MR) is 84.3 cm³/mol. The van der Waals surface area contributed by atoms with E-state index in [0.717, 1.165) is 16.9 Å². The van der Waals surface area contributed by atoms with E-state index in [4.69, 9.17) is 0 Å². The van der Waals surface area contributed by atoms with Crippen LogP contribution in [0.15, 0.2) is 42.5 Å². The fourth-order valence-electron chi connectivity index (χ4n) is 2.86. The number of carbonyl (C=O) groups is 2. The lowest BCUT2D eigenvalue weighted by atomic mass is 9.90. The third kappa shape index (κ3) is 2.83. The first-order chi connectivity index (χ1) is 11.5. The topological polar surface area (TPSA) is 104 Å². The van der Waals surface area contributed by atoms with Crippen LogP contribution in [0.4, 0.5) is 21.9 Å². The van der Waals surface area contributed by atoms with Crippen molar-refractivity contribution in [3.63, 3.8) is 0 Å². The standard InChI is InChI=1S/C17H14N2O5/c20-16-3-1-2-11-10-14(8-9-15(11)16)18(17(21)22)12-4-6-13(7-5-12)19(23)24/h4-10H,1-3H2,(H,21,22)/p-1. The maximum absolute atomic E-state index is 11.9. The number of amides is 1. The molecule has 7 nitrogen and oxygen atoms in total. The Morgan fingerprint density at radius 2 is 1.71 bits per heavy atom. The molecule has 0 N–H and O–H groups in total. The van der Waals surface area contributed by atoms with Gasteiger partial charge in [0.25, 0.3) is 5.69 Å². The number of fused-ring (bicyclic) bond motifs is 1. The summed E-state index contributed by atoms with van der Waals surface area (Å²) in [7, 11) is 0. The lowest BCUT2D eigenvalue weighted by Crippen LogP contribution is -2.38. The van der Waals surface area contributed by atoms with E-state index in [-0.39, 0.29) is 17.2 Å². The second-order valence-corrected chi connectivity index (χ2v) is 5.49. The van der Waals surface area contributed by atoms with Crippen LogP contribution in [0, 0.1) is 10.1 Å². The van der Waals surface area contributed by atoms with Gasteiger partial charge in [0.1, 0.15) is 6.09 Å².